The first-order valence-corrected chi connectivity index (χ1v) is 13.9. The van der Waals surface area contributed by atoms with Gasteiger partial charge in [0.05, 0.1) is 25.2 Å². The summed E-state index contributed by atoms with van der Waals surface area (Å²) in [7, 11) is 0. The quantitative estimate of drug-likeness (QED) is 0.126. The number of anilines is 1. The molecule has 0 unspecified atom stereocenters. The van der Waals surface area contributed by atoms with Crippen molar-refractivity contribution in [1.29, 1.82) is 0 Å². The van der Waals surface area contributed by atoms with Crippen LogP contribution < -0.4 is 5.32 Å². The lowest BCUT2D eigenvalue weighted by atomic mass is 10.1. The van der Waals surface area contributed by atoms with Crippen molar-refractivity contribution in [3.8, 4) is 5.75 Å². The third-order valence-electron chi connectivity index (χ3n) is 4.84. The molecule has 2 N–H and O–H groups in total. The van der Waals surface area contributed by atoms with E-state index in [2.05, 4.69) is 60.5 Å². The first-order chi connectivity index (χ1) is 15.8. The molecule has 0 saturated heterocycles. The molecule has 0 bridgehead atoms. The molecule has 0 saturated carbocycles. The number of para-hydroxylation sites is 1. The number of hydrogen-bond acceptors (Lipinski definition) is 6. The van der Waals surface area contributed by atoms with E-state index in [-0.39, 0.29) is 11.7 Å². The number of fused-ring (bicyclic) bond motifs is 1. The van der Waals surface area contributed by atoms with E-state index in [0.29, 0.717) is 11.3 Å². The molecule has 0 fully saturated rings. The number of thioether (sulfide) groups is 1. The molecule has 168 valence electrons. The van der Waals surface area contributed by atoms with Crippen LogP contribution in [0.1, 0.15) is 16.7 Å². The highest BCUT2D eigenvalue weighted by molar-refractivity contribution is 14.1. The average molecular weight is 699 g/mol. The lowest BCUT2D eigenvalue weighted by molar-refractivity contribution is -0.113. The molecule has 1 aromatic heterocycles. The van der Waals surface area contributed by atoms with Crippen LogP contribution in [0.3, 0.4) is 0 Å². The number of carbonyl (C=O) groups is 1. The smallest absolute Gasteiger partial charge is 0.234 e. The largest absolute Gasteiger partial charge is 0.506 e. The number of aromatic hydroxyl groups is 1. The zero-order chi connectivity index (χ0) is 23.5. The van der Waals surface area contributed by atoms with Crippen LogP contribution in [0.4, 0.5) is 11.4 Å². The number of amides is 1. The van der Waals surface area contributed by atoms with Crippen LogP contribution in [0.25, 0.3) is 10.2 Å². The SMILES string of the molecule is Cc1cccc(C)c1NC(=O)CSc1nc2ccc(N=Cc3cc(I)cc(I)c3O)cc2s1. The third kappa shape index (κ3) is 6.06. The minimum atomic E-state index is -0.0473. The van der Waals surface area contributed by atoms with Crippen LogP contribution in [0.2, 0.25) is 0 Å². The first-order valence-electron chi connectivity index (χ1n) is 9.91. The van der Waals surface area contributed by atoms with Gasteiger partial charge >= 0.3 is 0 Å². The second-order valence-electron chi connectivity index (χ2n) is 7.32. The predicted molar refractivity (Wildman–Crippen MR) is 156 cm³/mol. The van der Waals surface area contributed by atoms with Crippen molar-refractivity contribution < 1.29 is 9.90 Å². The Hall–Kier alpha value is -1.70. The van der Waals surface area contributed by atoms with Crippen molar-refractivity contribution in [1.82, 2.24) is 4.98 Å². The van der Waals surface area contributed by atoms with Crippen LogP contribution in [-0.2, 0) is 4.79 Å². The van der Waals surface area contributed by atoms with Crippen LogP contribution in [0.5, 0.6) is 5.75 Å². The normalized spacial score (nSPS) is 11.4. The molecular formula is C24H19I2N3O2S2. The molecule has 0 aliphatic heterocycles. The van der Waals surface area contributed by atoms with Gasteiger partial charge in [-0.1, -0.05) is 30.0 Å². The Balaban J connectivity index is 1.44. The van der Waals surface area contributed by atoms with E-state index >= 15 is 0 Å². The standard InChI is InChI=1S/C24H19I2N3O2S2/c1-13-4-3-5-14(2)22(13)29-21(30)12-32-24-28-19-7-6-17(10-20(19)33-24)27-11-15-8-16(25)9-18(26)23(15)31/h3-11,31H,12H2,1-2H3,(H,29,30). The molecule has 33 heavy (non-hydrogen) atoms. The lowest BCUT2D eigenvalue weighted by Gasteiger charge is -2.10. The minimum absolute atomic E-state index is 0.0473. The molecule has 1 heterocycles. The molecule has 4 aromatic rings. The van der Waals surface area contributed by atoms with Crippen molar-refractivity contribution >= 4 is 102 Å². The Morgan fingerprint density at radius 3 is 2.70 bits per heavy atom. The predicted octanol–water partition coefficient (Wildman–Crippen LogP) is 7.31. The summed E-state index contributed by atoms with van der Waals surface area (Å²) in [6, 6.07) is 15.6. The number of halogens is 2. The lowest BCUT2D eigenvalue weighted by Crippen LogP contribution is -2.15. The number of phenols is 1. The number of hydrogen-bond donors (Lipinski definition) is 2. The van der Waals surface area contributed by atoms with Crippen molar-refractivity contribution in [3.05, 3.63) is 72.4 Å². The monoisotopic (exact) mass is 699 g/mol. The number of aliphatic imine (C=N–C) groups is 1. The number of benzene rings is 3. The molecule has 9 heteroatoms. The third-order valence-corrected chi connectivity index (χ3v) is 8.44. The van der Waals surface area contributed by atoms with E-state index in [0.717, 1.165) is 44.2 Å². The van der Waals surface area contributed by atoms with Gasteiger partial charge in [0.2, 0.25) is 5.91 Å². The maximum Gasteiger partial charge on any atom is 0.234 e. The van der Waals surface area contributed by atoms with Gasteiger partial charge in [0, 0.05) is 21.0 Å². The van der Waals surface area contributed by atoms with Crippen molar-refractivity contribution in [3.63, 3.8) is 0 Å². The Morgan fingerprint density at radius 2 is 1.94 bits per heavy atom. The van der Waals surface area contributed by atoms with E-state index in [1.54, 1.807) is 17.6 Å². The molecule has 0 aliphatic carbocycles. The van der Waals surface area contributed by atoms with E-state index in [1.165, 1.54) is 11.8 Å². The number of aryl methyl sites for hydroxylation is 2. The van der Waals surface area contributed by atoms with Crippen LogP contribution in [0, 0.1) is 21.0 Å². The summed E-state index contributed by atoms with van der Waals surface area (Å²) in [6.07, 6.45) is 1.68. The number of rotatable bonds is 6. The van der Waals surface area contributed by atoms with Crippen LogP contribution >= 0.6 is 68.3 Å². The molecule has 0 spiro atoms. The van der Waals surface area contributed by atoms with E-state index in [1.807, 2.05) is 62.4 Å². The summed E-state index contributed by atoms with van der Waals surface area (Å²) in [5.74, 6) is 0.480. The van der Waals surface area contributed by atoms with Crippen molar-refractivity contribution in [2.45, 2.75) is 18.2 Å². The topological polar surface area (TPSA) is 74.6 Å². The number of carbonyl (C=O) groups excluding carboxylic acids is 1. The zero-order valence-corrected chi connectivity index (χ0v) is 23.7. The average Bonchev–Trinajstić information content (AvgIpc) is 3.18. The Labute approximate surface area is 227 Å². The Bertz CT molecular complexity index is 1370. The molecule has 0 radical (unpaired) electrons. The maximum atomic E-state index is 12.5. The summed E-state index contributed by atoms with van der Waals surface area (Å²) in [4.78, 5) is 21.6. The highest BCUT2D eigenvalue weighted by Gasteiger charge is 2.11. The fourth-order valence-corrected chi connectivity index (χ4v) is 6.97. The second-order valence-corrected chi connectivity index (χ2v) is 12.0. The van der Waals surface area contributed by atoms with Crippen molar-refractivity contribution in [2.24, 2.45) is 4.99 Å². The van der Waals surface area contributed by atoms with E-state index < -0.39 is 0 Å². The van der Waals surface area contributed by atoms with E-state index in [9.17, 15) is 9.90 Å². The molecule has 3 aromatic carbocycles. The number of nitrogens with one attached hydrogen (secondary N) is 1. The van der Waals surface area contributed by atoms with Crippen LogP contribution in [-0.4, -0.2) is 28.0 Å². The van der Waals surface area contributed by atoms with Gasteiger partial charge < -0.3 is 10.4 Å². The summed E-state index contributed by atoms with van der Waals surface area (Å²) < 4.78 is 3.68. The minimum Gasteiger partial charge on any atom is -0.506 e. The number of thiazole rings is 1. The fraction of sp³-hybridized carbons (Fsp3) is 0.125. The summed E-state index contributed by atoms with van der Waals surface area (Å²) in [6.45, 7) is 3.98. The van der Waals surface area contributed by atoms with Gasteiger partial charge in [-0.15, -0.1) is 11.3 Å². The molecule has 5 nitrogen and oxygen atoms in total. The number of phenolic OH excluding ortho intramolecular Hbond substituents is 1. The summed E-state index contributed by atoms with van der Waals surface area (Å²) >= 11 is 7.30. The fourth-order valence-electron chi connectivity index (χ4n) is 3.18. The van der Waals surface area contributed by atoms with Crippen LogP contribution in [0.15, 0.2) is 57.9 Å². The number of nitrogens with zero attached hydrogens (tertiary/aromatic N) is 2. The number of aromatic nitrogens is 1. The van der Waals surface area contributed by atoms with Gasteiger partial charge in [-0.05, 0) is 100 Å². The molecule has 0 aliphatic rings. The Kier molecular flexibility index (Phi) is 7.92. The molecule has 1 amide bonds. The first kappa shape index (κ1) is 24.4. The van der Waals surface area contributed by atoms with Crippen molar-refractivity contribution in [2.75, 3.05) is 11.1 Å². The highest BCUT2D eigenvalue weighted by Crippen LogP contribution is 2.33. The van der Waals surface area contributed by atoms with Gasteiger partial charge in [-0.3, -0.25) is 9.79 Å². The van der Waals surface area contributed by atoms with Gasteiger partial charge in [0.25, 0.3) is 0 Å². The zero-order valence-electron chi connectivity index (χ0n) is 17.7. The van der Waals surface area contributed by atoms with Gasteiger partial charge in [-0.2, -0.15) is 0 Å². The summed E-state index contributed by atoms with van der Waals surface area (Å²) in [5.41, 5.74) is 5.32. The van der Waals surface area contributed by atoms with Gasteiger partial charge in [-0.25, -0.2) is 4.98 Å². The Morgan fingerprint density at radius 1 is 1.18 bits per heavy atom. The van der Waals surface area contributed by atoms with Gasteiger partial charge in [0.1, 0.15) is 5.75 Å². The summed E-state index contributed by atoms with van der Waals surface area (Å²) in [5, 5.41) is 13.3. The highest BCUT2D eigenvalue weighted by atomic mass is 127. The maximum absolute atomic E-state index is 12.5. The molecular weight excluding hydrogens is 680 g/mol. The molecule has 0 atom stereocenters. The van der Waals surface area contributed by atoms with E-state index in [4.69, 9.17) is 0 Å². The van der Waals surface area contributed by atoms with Gasteiger partial charge in [0.15, 0.2) is 4.34 Å². The molecule has 4 rings (SSSR count). The second kappa shape index (κ2) is 10.7.